The van der Waals surface area contributed by atoms with Crippen LogP contribution in [0.15, 0.2) is 72.8 Å². The van der Waals surface area contributed by atoms with Crippen LogP contribution in [-0.2, 0) is 6.54 Å². The van der Waals surface area contributed by atoms with E-state index in [4.69, 9.17) is 0 Å². The Hall–Kier alpha value is -3.67. The van der Waals surface area contributed by atoms with E-state index in [0.29, 0.717) is 17.9 Å². The number of aryl methyl sites for hydroxylation is 1. The van der Waals surface area contributed by atoms with Gasteiger partial charge in [0.15, 0.2) is 5.82 Å². The van der Waals surface area contributed by atoms with Gasteiger partial charge in [-0.1, -0.05) is 54.6 Å². The summed E-state index contributed by atoms with van der Waals surface area (Å²) < 4.78 is 15.5. The van der Waals surface area contributed by atoms with E-state index < -0.39 is 0 Å². The van der Waals surface area contributed by atoms with Gasteiger partial charge in [0, 0.05) is 22.7 Å². The predicted molar refractivity (Wildman–Crippen MR) is 109 cm³/mol. The van der Waals surface area contributed by atoms with E-state index in [9.17, 15) is 9.18 Å². The average molecular weight is 374 g/mol. The number of carbonyl (C=O) groups excluding carboxylic acids is 1. The largest absolute Gasteiger partial charge is 0.324 e. The van der Waals surface area contributed by atoms with E-state index >= 15 is 0 Å². The second kappa shape index (κ2) is 7.52. The van der Waals surface area contributed by atoms with Crippen molar-refractivity contribution in [2.24, 2.45) is 0 Å². The van der Waals surface area contributed by atoms with E-state index in [2.05, 4.69) is 15.7 Å². The van der Waals surface area contributed by atoms with E-state index in [1.165, 1.54) is 6.07 Å². The van der Waals surface area contributed by atoms with Gasteiger partial charge >= 0.3 is 6.03 Å². The number of halogens is 1. The Bertz CT molecular complexity index is 1150. The summed E-state index contributed by atoms with van der Waals surface area (Å²) in [6.45, 7) is 2.16. The molecule has 140 valence electrons. The van der Waals surface area contributed by atoms with Gasteiger partial charge in [-0.05, 0) is 24.4 Å². The fourth-order valence-electron chi connectivity index (χ4n) is 3.12. The number of rotatable bonds is 4. The molecule has 0 unspecified atom stereocenters. The standard InChI is InChI=1S/C22H19FN4O/c1-15-13-21(26-27(15)14-17-8-3-5-11-19(17)23)25-22(28)24-20-12-6-9-16-7-2-4-10-18(16)20/h2-13H,14H2,1H3,(H2,24,25,26,28). The van der Waals surface area contributed by atoms with Crippen molar-refractivity contribution >= 4 is 28.3 Å². The molecule has 0 aliphatic rings. The van der Waals surface area contributed by atoms with Crippen LogP contribution in [0.4, 0.5) is 20.7 Å². The average Bonchev–Trinajstić information content (AvgIpc) is 3.02. The monoisotopic (exact) mass is 374 g/mol. The Morgan fingerprint density at radius 1 is 1.00 bits per heavy atom. The van der Waals surface area contributed by atoms with Gasteiger partial charge in [-0.2, -0.15) is 5.10 Å². The second-order valence-corrected chi connectivity index (χ2v) is 6.53. The SMILES string of the molecule is Cc1cc(NC(=O)Nc2cccc3ccccc23)nn1Cc1ccccc1F. The summed E-state index contributed by atoms with van der Waals surface area (Å²) in [5, 5.41) is 12.0. The minimum Gasteiger partial charge on any atom is -0.307 e. The van der Waals surface area contributed by atoms with Crippen molar-refractivity contribution in [1.82, 2.24) is 9.78 Å². The number of amides is 2. The molecular weight excluding hydrogens is 355 g/mol. The van der Waals surface area contributed by atoms with E-state index in [0.717, 1.165) is 22.2 Å². The number of fused-ring (bicyclic) bond motifs is 1. The molecule has 0 saturated heterocycles. The summed E-state index contributed by atoms with van der Waals surface area (Å²) in [5.74, 6) is 0.132. The van der Waals surface area contributed by atoms with Crippen LogP contribution in [0.1, 0.15) is 11.3 Å². The first-order valence-electron chi connectivity index (χ1n) is 8.94. The highest BCUT2D eigenvalue weighted by Crippen LogP contribution is 2.23. The quantitative estimate of drug-likeness (QED) is 0.517. The van der Waals surface area contributed by atoms with E-state index in [1.54, 1.807) is 28.9 Å². The molecule has 1 heterocycles. The second-order valence-electron chi connectivity index (χ2n) is 6.53. The van der Waals surface area contributed by atoms with Crippen molar-refractivity contribution in [3.05, 3.63) is 89.9 Å². The number of hydrogen-bond acceptors (Lipinski definition) is 2. The molecule has 1 aromatic heterocycles. The zero-order chi connectivity index (χ0) is 19.5. The summed E-state index contributed by atoms with van der Waals surface area (Å²) in [4.78, 5) is 12.4. The minimum atomic E-state index is -0.383. The Labute approximate surface area is 161 Å². The third kappa shape index (κ3) is 3.71. The van der Waals surface area contributed by atoms with E-state index in [1.807, 2.05) is 49.4 Å². The number of anilines is 2. The van der Waals surface area contributed by atoms with Crippen LogP contribution in [-0.4, -0.2) is 15.8 Å². The summed E-state index contributed by atoms with van der Waals surface area (Å²) in [5.41, 5.74) is 2.09. The van der Waals surface area contributed by atoms with Crippen LogP contribution in [0.5, 0.6) is 0 Å². The van der Waals surface area contributed by atoms with Gasteiger partial charge in [0.2, 0.25) is 0 Å². The Balaban J connectivity index is 1.48. The molecule has 4 aromatic rings. The number of hydrogen-bond donors (Lipinski definition) is 2. The molecule has 0 saturated carbocycles. The molecule has 3 aromatic carbocycles. The predicted octanol–water partition coefficient (Wildman–Crippen LogP) is 5.18. The van der Waals surface area contributed by atoms with Crippen molar-refractivity contribution in [1.29, 1.82) is 0 Å². The fourth-order valence-corrected chi connectivity index (χ4v) is 3.12. The number of carbonyl (C=O) groups is 1. The zero-order valence-corrected chi connectivity index (χ0v) is 15.3. The van der Waals surface area contributed by atoms with Crippen LogP contribution in [0.3, 0.4) is 0 Å². The van der Waals surface area contributed by atoms with Crippen molar-refractivity contribution in [2.45, 2.75) is 13.5 Å². The lowest BCUT2D eigenvalue weighted by Gasteiger charge is -2.09. The number of aromatic nitrogens is 2. The molecule has 28 heavy (non-hydrogen) atoms. The first kappa shape index (κ1) is 17.7. The van der Waals surface area contributed by atoms with Crippen LogP contribution in [0.2, 0.25) is 0 Å². The smallest absolute Gasteiger partial charge is 0.307 e. The number of nitrogens with zero attached hydrogens (tertiary/aromatic N) is 2. The van der Waals surface area contributed by atoms with Crippen molar-refractivity contribution in [2.75, 3.05) is 10.6 Å². The highest BCUT2D eigenvalue weighted by atomic mass is 19.1. The maximum absolute atomic E-state index is 13.9. The molecule has 4 rings (SSSR count). The normalized spacial score (nSPS) is 10.8. The van der Waals surface area contributed by atoms with E-state index in [-0.39, 0.29) is 11.8 Å². The molecule has 5 nitrogen and oxygen atoms in total. The van der Waals surface area contributed by atoms with Crippen LogP contribution >= 0.6 is 0 Å². The van der Waals surface area contributed by atoms with Crippen molar-refractivity contribution < 1.29 is 9.18 Å². The van der Waals surface area contributed by atoms with Gasteiger partial charge in [0.05, 0.1) is 12.2 Å². The number of nitrogens with one attached hydrogen (secondary N) is 2. The third-order valence-corrected chi connectivity index (χ3v) is 4.54. The van der Waals surface area contributed by atoms with Gasteiger partial charge in [0.25, 0.3) is 0 Å². The molecule has 0 atom stereocenters. The lowest BCUT2D eigenvalue weighted by atomic mass is 10.1. The van der Waals surface area contributed by atoms with Gasteiger partial charge in [-0.15, -0.1) is 0 Å². The van der Waals surface area contributed by atoms with Gasteiger partial charge in [0.1, 0.15) is 5.82 Å². The van der Waals surface area contributed by atoms with Gasteiger partial charge < -0.3 is 5.32 Å². The first-order valence-corrected chi connectivity index (χ1v) is 8.94. The molecule has 0 aliphatic carbocycles. The highest BCUT2D eigenvalue weighted by molar-refractivity contribution is 6.05. The molecule has 2 amide bonds. The summed E-state index contributed by atoms with van der Waals surface area (Å²) >= 11 is 0. The maximum atomic E-state index is 13.9. The van der Waals surface area contributed by atoms with Crippen LogP contribution < -0.4 is 10.6 Å². The molecule has 0 bridgehead atoms. The molecular formula is C22H19FN4O. The van der Waals surface area contributed by atoms with Crippen molar-refractivity contribution in [3.63, 3.8) is 0 Å². The molecule has 0 fully saturated rings. The maximum Gasteiger partial charge on any atom is 0.324 e. The Morgan fingerprint density at radius 3 is 2.61 bits per heavy atom. The van der Waals surface area contributed by atoms with Gasteiger partial charge in [-0.3, -0.25) is 10.00 Å². The Kier molecular flexibility index (Phi) is 4.76. The molecule has 0 aliphatic heterocycles. The molecule has 0 spiro atoms. The van der Waals surface area contributed by atoms with Crippen LogP contribution in [0.25, 0.3) is 10.8 Å². The summed E-state index contributed by atoms with van der Waals surface area (Å²) in [6, 6.07) is 21.5. The third-order valence-electron chi connectivity index (χ3n) is 4.54. The lowest BCUT2D eigenvalue weighted by Crippen LogP contribution is -2.20. The lowest BCUT2D eigenvalue weighted by molar-refractivity contribution is 0.262. The summed E-state index contributed by atoms with van der Waals surface area (Å²) in [6.07, 6.45) is 0. The molecule has 0 radical (unpaired) electrons. The highest BCUT2D eigenvalue weighted by Gasteiger charge is 2.11. The zero-order valence-electron chi connectivity index (χ0n) is 15.3. The molecule has 6 heteroatoms. The van der Waals surface area contributed by atoms with Crippen LogP contribution in [0, 0.1) is 12.7 Å². The van der Waals surface area contributed by atoms with Crippen molar-refractivity contribution in [3.8, 4) is 0 Å². The molecule has 2 N–H and O–H groups in total. The minimum absolute atomic E-state index is 0.277. The summed E-state index contributed by atoms with van der Waals surface area (Å²) in [7, 11) is 0. The first-order chi connectivity index (χ1) is 13.6. The Morgan fingerprint density at radius 2 is 1.75 bits per heavy atom. The number of benzene rings is 3. The fraction of sp³-hybridized carbons (Fsp3) is 0.0909. The topological polar surface area (TPSA) is 59.0 Å². The number of urea groups is 1. The van der Waals surface area contributed by atoms with Gasteiger partial charge in [-0.25, -0.2) is 9.18 Å².